The number of carboxylic acid groups (broad SMARTS) is 1. The van der Waals surface area contributed by atoms with Crippen molar-refractivity contribution >= 4 is 11.8 Å². The third kappa shape index (κ3) is 4.91. The molecule has 1 unspecified atom stereocenters. The Labute approximate surface area is 115 Å². The molecule has 5 heteroatoms. The predicted octanol–water partition coefficient (Wildman–Crippen LogP) is 2.42. The third-order valence-electron chi connectivity index (χ3n) is 2.92. The molecule has 0 aliphatic rings. The van der Waals surface area contributed by atoms with Crippen LogP contribution in [0.2, 0.25) is 0 Å². The van der Waals surface area contributed by atoms with Gasteiger partial charge in [0, 0.05) is 0 Å². The van der Waals surface area contributed by atoms with E-state index in [2.05, 4.69) is 0 Å². The number of carbonyl (C=O) groups is 2. The van der Waals surface area contributed by atoms with Crippen LogP contribution >= 0.6 is 0 Å². The minimum atomic E-state index is -1.47. The zero-order chi connectivity index (χ0) is 15.2. The number of carbonyl (C=O) groups excluding carboxylic acids is 1. The molecule has 1 N–H and O–H groups in total. The van der Waals surface area contributed by atoms with Crippen LogP contribution in [0.4, 0.5) is 0 Å². The van der Waals surface area contributed by atoms with Gasteiger partial charge in [0.1, 0.15) is 5.60 Å². The molecule has 0 aliphatic heterocycles. The highest BCUT2D eigenvalue weighted by atomic mass is 16.5. The SMILES string of the molecule is CCC(CC)(OC(C)C)C(=O)C(OC(C)C)C(=O)O. The molecule has 0 radical (unpaired) electrons. The first-order chi connectivity index (χ1) is 8.70. The van der Waals surface area contributed by atoms with Crippen LogP contribution in [0.3, 0.4) is 0 Å². The highest BCUT2D eigenvalue weighted by Gasteiger charge is 2.44. The Morgan fingerprint density at radius 1 is 1.05 bits per heavy atom. The predicted molar refractivity (Wildman–Crippen MR) is 72.2 cm³/mol. The van der Waals surface area contributed by atoms with Crippen LogP contribution in [0.25, 0.3) is 0 Å². The number of aliphatic carboxylic acids is 1. The van der Waals surface area contributed by atoms with Gasteiger partial charge in [-0.1, -0.05) is 13.8 Å². The van der Waals surface area contributed by atoms with Crippen LogP contribution in [0.15, 0.2) is 0 Å². The number of hydrogen-bond acceptors (Lipinski definition) is 4. The Hall–Kier alpha value is -0.940. The molecule has 0 aromatic carbocycles. The minimum Gasteiger partial charge on any atom is -0.479 e. The van der Waals surface area contributed by atoms with Crippen molar-refractivity contribution in [1.29, 1.82) is 0 Å². The van der Waals surface area contributed by atoms with Crippen molar-refractivity contribution in [2.24, 2.45) is 0 Å². The van der Waals surface area contributed by atoms with Crippen molar-refractivity contribution in [2.75, 3.05) is 0 Å². The number of hydrogen-bond donors (Lipinski definition) is 1. The second kappa shape index (κ2) is 7.60. The average molecular weight is 274 g/mol. The van der Waals surface area contributed by atoms with Gasteiger partial charge in [-0.2, -0.15) is 0 Å². The van der Waals surface area contributed by atoms with Gasteiger partial charge in [0.25, 0.3) is 0 Å². The molecule has 1 atom stereocenters. The van der Waals surface area contributed by atoms with Crippen LogP contribution in [0.5, 0.6) is 0 Å². The molecule has 112 valence electrons. The van der Waals surface area contributed by atoms with Gasteiger partial charge in [-0.25, -0.2) is 4.79 Å². The maximum absolute atomic E-state index is 12.5. The first-order valence-corrected chi connectivity index (χ1v) is 6.80. The van der Waals surface area contributed by atoms with Gasteiger partial charge in [-0.05, 0) is 40.5 Å². The van der Waals surface area contributed by atoms with Crippen molar-refractivity contribution < 1.29 is 24.2 Å². The molecule has 0 heterocycles. The lowest BCUT2D eigenvalue weighted by atomic mass is 9.88. The summed E-state index contributed by atoms with van der Waals surface area (Å²) in [5.41, 5.74) is -1.09. The summed E-state index contributed by atoms with van der Waals surface area (Å²) >= 11 is 0. The molecule has 0 bridgehead atoms. The molecule has 19 heavy (non-hydrogen) atoms. The van der Waals surface area contributed by atoms with Crippen LogP contribution in [0, 0.1) is 0 Å². The molecular formula is C14H26O5. The van der Waals surface area contributed by atoms with E-state index in [0.29, 0.717) is 12.8 Å². The number of carboxylic acids is 1. The average Bonchev–Trinajstić information content (AvgIpc) is 2.31. The van der Waals surface area contributed by atoms with Crippen LogP contribution < -0.4 is 0 Å². The first kappa shape index (κ1) is 18.1. The Balaban J connectivity index is 5.29. The van der Waals surface area contributed by atoms with E-state index in [4.69, 9.17) is 9.47 Å². The molecule has 0 saturated heterocycles. The highest BCUT2D eigenvalue weighted by Crippen LogP contribution is 2.26. The number of ketones is 1. The van der Waals surface area contributed by atoms with E-state index in [-0.39, 0.29) is 12.2 Å². The molecular weight excluding hydrogens is 248 g/mol. The Morgan fingerprint density at radius 3 is 1.79 bits per heavy atom. The summed E-state index contributed by atoms with van der Waals surface area (Å²) in [7, 11) is 0. The summed E-state index contributed by atoms with van der Waals surface area (Å²) in [5, 5.41) is 9.18. The van der Waals surface area contributed by atoms with E-state index in [9.17, 15) is 14.7 Å². The molecule has 0 fully saturated rings. The summed E-state index contributed by atoms with van der Waals surface area (Å²) in [5.74, 6) is -1.77. The second-order valence-corrected chi connectivity index (χ2v) is 5.14. The number of ether oxygens (including phenoxy) is 2. The summed E-state index contributed by atoms with van der Waals surface area (Å²) in [6, 6.07) is 0. The third-order valence-corrected chi connectivity index (χ3v) is 2.92. The number of rotatable bonds is 9. The highest BCUT2D eigenvalue weighted by molar-refractivity contribution is 6.05. The Bertz CT molecular complexity index is 305. The monoisotopic (exact) mass is 274 g/mol. The fourth-order valence-corrected chi connectivity index (χ4v) is 2.02. The first-order valence-electron chi connectivity index (χ1n) is 6.80. The molecule has 0 saturated carbocycles. The van der Waals surface area contributed by atoms with Gasteiger partial charge in [0.15, 0.2) is 0 Å². The van der Waals surface area contributed by atoms with E-state index in [1.807, 2.05) is 27.7 Å². The van der Waals surface area contributed by atoms with E-state index in [1.54, 1.807) is 13.8 Å². The van der Waals surface area contributed by atoms with Crippen molar-refractivity contribution in [1.82, 2.24) is 0 Å². The van der Waals surface area contributed by atoms with Gasteiger partial charge < -0.3 is 14.6 Å². The lowest BCUT2D eigenvalue weighted by Gasteiger charge is -2.34. The normalized spacial score (nSPS) is 13.9. The molecule has 0 amide bonds. The molecule has 0 rings (SSSR count). The van der Waals surface area contributed by atoms with Crippen molar-refractivity contribution in [3.63, 3.8) is 0 Å². The number of Topliss-reactive ketones (excluding diaryl/α,β-unsaturated/α-hetero) is 1. The molecule has 5 nitrogen and oxygen atoms in total. The summed E-state index contributed by atoms with van der Waals surface area (Å²) < 4.78 is 11.0. The molecule has 0 aliphatic carbocycles. The summed E-state index contributed by atoms with van der Waals surface area (Å²) in [4.78, 5) is 23.7. The second-order valence-electron chi connectivity index (χ2n) is 5.14. The molecule has 0 spiro atoms. The Morgan fingerprint density at radius 2 is 1.53 bits per heavy atom. The van der Waals surface area contributed by atoms with E-state index in [1.165, 1.54) is 0 Å². The zero-order valence-corrected chi connectivity index (χ0v) is 12.7. The van der Waals surface area contributed by atoms with Crippen molar-refractivity contribution in [3.05, 3.63) is 0 Å². The lowest BCUT2D eigenvalue weighted by molar-refractivity contribution is -0.176. The van der Waals surface area contributed by atoms with Gasteiger partial charge >= 0.3 is 5.97 Å². The minimum absolute atomic E-state index is 0.155. The van der Waals surface area contributed by atoms with Crippen molar-refractivity contribution in [2.45, 2.75) is 78.3 Å². The van der Waals surface area contributed by atoms with Crippen LogP contribution in [0.1, 0.15) is 54.4 Å². The lowest BCUT2D eigenvalue weighted by Crippen LogP contribution is -2.51. The van der Waals surface area contributed by atoms with E-state index >= 15 is 0 Å². The van der Waals surface area contributed by atoms with Gasteiger partial charge in [0.2, 0.25) is 11.9 Å². The van der Waals surface area contributed by atoms with Gasteiger partial charge in [-0.3, -0.25) is 4.79 Å². The van der Waals surface area contributed by atoms with E-state index < -0.39 is 23.5 Å². The fourth-order valence-electron chi connectivity index (χ4n) is 2.02. The standard InChI is InChI=1S/C14H26O5/c1-7-14(8-2,19-10(5)6)12(15)11(13(16)17)18-9(3)4/h9-11H,7-8H2,1-6H3,(H,16,17). The molecule has 0 aromatic rings. The maximum atomic E-state index is 12.5. The summed E-state index contributed by atoms with van der Waals surface area (Å²) in [6.07, 6.45) is -1.12. The van der Waals surface area contributed by atoms with E-state index in [0.717, 1.165) is 0 Å². The zero-order valence-electron chi connectivity index (χ0n) is 12.7. The smallest absolute Gasteiger partial charge is 0.340 e. The van der Waals surface area contributed by atoms with Crippen LogP contribution in [-0.2, 0) is 19.1 Å². The maximum Gasteiger partial charge on any atom is 0.340 e. The topological polar surface area (TPSA) is 72.8 Å². The largest absolute Gasteiger partial charge is 0.479 e. The van der Waals surface area contributed by atoms with Gasteiger partial charge in [-0.15, -0.1) is 0 Å². The summed E-state index contributed by atoms with van der Waals surface area (Å²) in [6.45, 7) is 10.7. The molecule has 0 aromatic heterocycles. The van der Waals surface area contributed by atoms with Crippen LogP contribution in [-0.4, -0.2) is 40.8 Å². The quantitative estimate of drug-likeness (QED) is 0.654. The Kier molecular flexibility index (Phi) is 7.23. The van der Waals surface area contributed by atoms with Gasteiger partial charge in [0.05, 0.1) is 12.2 Å². The van der Waals surface area contributed by atoms with Crippen molar-refractivity contribution in [3.8, 4) is 0 Å². The fraction of sp³-hybridized carbons (Fsp3) is 0.857.